The molecule has 2 aliphatic rings. The van der Waals surface area contributed by atoms with Crippen LogP contribution in [0.5, 0.6) is 17.5 Å². The number of aliphatic carboxylic acids is 1. The van der Waals surface area contributed by atoms with E-state index in [1.165, 1.54) is 10.6 Å². The third kappa shape index (κ3) is 4.52. The van der Waals surface area contributed by atoms with Gasteiger partial charge in [-0.3, -0.25) is 4.57 Å². The van der Waals surface area contributed by atoms with E-state index in [2.05, 4.69) is 4.98 Å². The number of imidazole rings is 1. The summed E-state index contributed by atoms with van der Waals surface area (Å²) < 4.78 is 48.1. The van der Waals surface area contributed by atoms with Crippen molar-refractivity contribution in [2.75, 3.05) is 19.8 Å². The third-order valence-electron chi connectivity index (χ3n) is 6.94. The second kappa shape index (κ2) is 10.6. The fraction of sp³-hybridized carbons (Fsp3) is 0.286. The number of fused-ring (bicyclic) bond motifs is 3. The van der Waals surface area contributed by atoms with E-state index in [1.54, 1.807) is 13.0 Å². The largest absolute Gasteiger partial charge is 1.00 e. The van der Waals surface area contributed by atoms with Crippen LogP contribution in [0.4, 0.5) is 8.78 Å². The van der Waals surface area contributed by atoms with Crippen molar-refractivity contribution in [3.63, 3.8) is 0 Å². The zero-order chi connectivity index (χ0) is 25.7. The molecule has 2 atom stereocenters. The van der Waals surface area contributed by atoms with Gasteiger partial charge in [-0.2, -0.15) is 4.98 Å². The maximum Gasteiger partial charge on any atom is 1.00 e. The first kappa shape index (κ1) is 26.5. The van der Waals surface area contributed by atoms with E-state index in [9.17, 15) is 18.7 Å². The van der Waals surface area contributed by atoms with E-state index in [-0.39, 0.29) is 64.9 Å². The molecule has 1 aromatic heterocycles. The van der Waals surface area contributed by atoms with Gasteiger partial charge in [0.25, 0.3) is 0 Å². The van der Waals surface area contributed by atoms with Crippen LogP contribution in [0.2, 0.25) is 0 Å². The zero-order valence-electron chi connectivity index (χ0n) is 21.0. The van der Waals surface area contributed by atoms with Gasteiger partial charge >= 0.3 is 35.6 Å². The van der Waals surface area contributed by atoms with Crippen molar-refractivity contribution in [2.45, 2.75) is 31.6 Å². The van der Waals surface area contributed by atoms with Gasteiger partial charge in [-0.1, -0.05) is 24.3 Å². The molecule has 0 fully saturated rings. The Morgan fingerprint density at radius 2 is 1.92 bits per heavy atom. The van der Waals surface area contributed by atoms with Crippen molar-refractivity contribution in [1.29, 1.82) is 0 Å². The number of carboxylic acid groups (broad SMARTS) is 1. The minimum Gasteiger partial charge on any atom is -0.550 e. The topological polar surface area (TPSA) is 85.6 Å². The molecule has 190 valence electrons. The number of ether oxygens (including phenoxy) is 3. The SMILES string of the molecule is CCOc1nc2ccc(F)c(F)c2n1-c1cccc2c1OC[C@H]2Cc1ccc2c(c1)OC[C@H]2CC(=O)[O-].[Na+]. The number of nitrogens with zero attached hydrogens (tertiary/aromatic N) is 2. The van der Waals surface area contributed by atoms with Crippen LogP contribution in [0.25, 0.3) is 16.7 Å². The first-order valence-corrected chi connectivity index (χ1v) is 12.1. The van der Waals surface area contributed by atoms with E-state index in [0.29, 0.717) is 43.4 Å². The number of rotatable bonds is 7. The van der Waals surface area contributed by atoms with Gasteiger partial charge in [0.1, 0.15) is 17.0 Å². The Morgan fingerprint density at radius 3 is 2.71 bits per heavy atom. The average molecular weight is 528 g/mol. The number of hydrogen-bond donors (Lipinski definition) is 0. The molecule has 0 saturated carbocycles. The van der Waals surface area contributed by atoms with Crippen molar-refractivity contribution in [3.8, 4) is 23.2 Å². The minimum absolute atomic E-state index is 0. The number of aromatic nitrogens is 2. The van der Waals surface area contributed by atoms with Crippen LogP contribution in [-0.2, 0) is 11.2 Å². The number of hydrogen-bond acceptors (Lipinski definition) is 6. The Morgan fingerprint density at radius 1 is 1.11 bits per heavy atom. The number of para-hydroxylation sites is 1. The Hall–Kier alpha value is -3.14. The second-order valence-electron chi connectivity index (χ2n) is 9.26. The Kier molecular flexibility index (Phi) is 7.35. The molecule has 6 rings (SSSR count). The van der Waals surface area contributed by atoms with Crippen LogP contribution in [0.3, 0.4) is 0 Å². The van der Waals surface area contributed by atoms with E-state index in [4.69, 9.17) is 14.2 Å². The van der Waals surface area contributed by atoms with Crippen LogP contribution < -0.4 is 48.9 Å². The van der Waals surface area contributed by atoms with Crippen LogP contribution in [0.1, 0.15) is 41.9 Å². The van der Waals surface area contributed by atoms with Crippen molar-refractivity contribution in [1.82, 2.24) is 9.55 Å². The molecule has 10 heteroatoms. The number of carboxylic acids is 1. The molecule has 0 N–H and O–H groups in total. The van der Waals surface area contributed by atoms with Crippen molar-refractivity contribution in [2.24, 2.45) is 0 Å². The van der Waals surface area contributed by atoms with Gasteiger partial charge in [0, 0.05) is 28.9 Å². The first-order chi connectivity index (χ1) is 17.9. The summed E-state index contributed by atoms with van der Waals surface area (Å²) in [5.74, 6) is -1.99. The molecule has 4 aromatic rings. The molecule has 0 bridgehead atoms. The fourth-order valence-electron chi connectivity index (χ4n) is 5.27. The summed E-state index contributed by atoms with van der Waals surface area (Å²) in [6.07, 6.45) is 0.584. The van der Waals surface area contributed by atoms with Crippen molar-refractivity contribution < 1.29 is 62.4 Å². The van der Waals surface area contributed by atoms with Gasteiger partial charge < -0.3 is 24.1 Å². The predicted octanol–water partition coefficient (Wildman–Crippen LogP) is 1.04. The monoisotopic (exact) mass is 528 g/mol. The number of halogens is 2. The summed E-state index contributed by atoms with van der Waals surface area (Å²) in [7, 11) is 0. The summed E-state index contributed by atoms with van der Waals surface area (Å²) in [4.78, 5) is 15.4. The minimum atomic E-state index is -1.10. The Labute approximate surface area is 239 Å². The maximum absolute atomic E-state index is 14.9. The zero-order valence-corrected chi connectivity index (χ0v) is 23.0. The van der Waals surface area contributed by atoms with Crippen LogP contribution in [0, 0.1) is 11.6 Å². The fourth-order valence-corrected chi connectivity index (χ4v) is 5.27. The molecule has 0 unspecified atom stereocenters. The van der Waals surface area contributed by atoms with E-state index in [0.717, 1.165) is 22.8 Å². The van der Waals surface area contributed by atoms with E-state index in [1.807, 2.05) is 30.3 Å². The van der Waals surface area contributed by atoms with Crippen LogP contribution >= 0.6 is 0 Å². The Balaban J connectivity index is 0.00000294. The second-order valence-corrected chi connectivity index (χ2v) is 9.26. The summed E-state index contributed by atoms with van der Waals surface area (Å²) in [5.41, 5.74) is 3.64. The average Bonchev–Trinajstić information content (AvgIpc) is 3.57. The van der Waals surface area contributed by atoms with Gasteiger partial charge in [-0.25, -0.2) is 8.78 Å². The molecule has 7 nitrogen and oxygen atoms in total. The molecule has 38 heavy (non-hydrogen) atoms. The van der Waals surface area contributed by atoms with Gasteiger partial charge in [0.15, 0.2) is 11.6 Å². The first-order valence-electron chi connectivity index (χ1n) is 12.1. The van der Waals surface area contributed by atoms with Gasteiger partial charge in [-0.15, -0.1) is 0 Å². The molecule has 3 aromatic carbocycles. The van der Waals surface area contributed by atoms with Gasteiger partial charge in [0.2, 0.25) is 0 Å². The number of carbonyl (C=O) groups excluding carboxylic acids is 1. The molecular weight excluding hydrogens is 505 g/mol. The summed E-state index contributed by atoms with van der Waals surface area (Å²) in [6.45, 7) is 2.83. The van der Waals surface area contributed by atoms with Gasteiger partial charge in [0.05, 0.1) is 31.0 Å². The van der Waals surface area contributed by atoms with Crippen molar-refractivity contribution >= 4 is 17.0 Å². The van der Waals surface area contributed by atoms with Crippen LogP contribution in [-0.4, -0.2) is 35.3 Å². The predicted molar refractivity (Wildman–Crippen MR) is 128 cm³/mol. The quantitative estimate of drug-likeness (QED) is 0.334. The summed E-state index contributed by atoms with van der Waals surface area (Å²) in [5, 5.41) is 11.0. The Bertz CT molecular complexity index is 1540. The third-order valence-corrected chi connectivity index (χ3v) is 6.94. The van der Waals surface area contributed by atoms with E-state index < -0.39 is 17.6 Å². The smallest absolute Gasteiger partial charge is 0.550 e. The number of carbonyl (C=O) groups is 1. The summed E-state index contributed by atoms with van der Waals surface area (Å²) in [6, 6.07) is 14.1. The normalized spacial score (nSPS) is 17.3. The molecule has 0 saturated heterocycles. The van der Waals surface area contributed by atoms with E-state index >= 15 is 0 Å². The molecule has 0 spiro atoms. The molecular formula is C28H23F2N2NaO5. The summed E-state index contributed by atoms with van der Waals surface area (Å²) >= 11 is 0. The molecule has 0 aliphatic carbocycles. The molecule has 0 amide bonds. The molecule has 2 aliphatic heterocycles. The number of benzene rings is 3. The maximum atomic E-state index is 14.9. The van der Waals surface area contributed by atoms with Gasteiger partial charge in [-0.05, 0) is 49.6 Å². The standard InChI is InChI=1S/C28H24F2N2O5.Na/c1-2-35-28-31-21-9-8-20(29)25(30)26(21)32(28)22-5-3-4-19-16(14-37-27(19)22)10-15-6-7-18-17(12-24(33)34)13-36-23(18)11-15;/h3-9,11,16-17H,2,10,12-14H2,1H3,(H,33,34);/q;+1/p-1/t16-,17-;/m1./s1. The molecule has 0 radical (unpaired) electrons. The van der Waals surface area contributed by atoms with Crippen molar-refractivity contribution in [3.05, 3.63) is 76.9 Å². The molecule has 3 heterocycles. The van der Waals surface area contributed by atoms with Crippen LogP contribution in [0.15, 0.2) is 48.5 Å².